The van der Waals surface area contributed by atoms with Gasteiger partial charge in [-0.3, -0.25) is 0 Å². The summed E-state index contributed by atoms with van der Waals surface area (Å²) in [7, 11) is 0. The van der Waals surface area contributed by atoms with Gasteiger partial charge in [-0.2, -0.15) is 18.3 Å². The van der Waals surface area contributed by atoms with Gasteiger partial charge in [-0.1, -0.05) is 0 Å². The molecular formula is C12H13F3N4O. The van der Waals surface area contributed by atoms with Gasteiger partial charge in [0.05, 0.1) is 6.10 Å². The minimum absolute atomic E-state index is 0.239. The first kappa shape index (κ1) is 13.2. The number of rotatable bonds is 4. The summed E-state index contributed by atoms with van der Waals surface area (Å²) < 4.78 is 39.0. The van der Waals surface area contributed by atoms with E-state index in [0.717, 1.165) is 23.4 Å². The summed E-state index contributed by atoms with van der Waals surface area (Å²) in [4.78, 5) is 4.00. The molecule has 5 nitrogen and oxygen atoms in total. The van der Waals surface area contributed by atoms with Crippen molar-refractivity contribution in [2.45, 2.75) is 25.1 Å². The highest BCUT2D eigenvalue weighted by molar-refractivity contribution is 5.67. The summed E-state index contributed by atoms with van der Waals surface area (Å²) in [6.07, 6.45) is -0.283. The number of anilines is 1. The lowest BCUT2D eigenvalue weighted by molar-refractivity contribution is -0.141. The topological polar surface area (TPSA) is 62.5 Å². The van der Waals surface area contributed by atoms with Crippen molar-refractivity contribution >= 4 is 11.3 Å². The van der Waals surface area contributed by atoms with Crippen LogP contribution >= 0.6 is 0 Å². The Bertz CT molecular complexity index is 621. The molecule has 108 valence electrons. The Kier molecular flexibility index (Phi) is 3.04. The Morgan fingerprint density at radius 1 is 1.45 bits per heavy atom. The first-order chi connectivity index (χ1) is 9.45. The molecule has 0 aliphatic heterocycles. The first-order valence-electron chi connectivity index (χ1n) is 6.28. The number of aliphatic hydroxyl groups excluding tert-OH is 1. The monoisotopic (exact) mass is 286 g/mol. The van der Waals surface area contributed by atoms with E-state index in [-0.39, 0.29) is 23.8 Å². The fourth-order valence-corrected chi connectivity index (χ4v) is 2.05. The summed E-state index contributed by atoms with van der Waals surface area (Å²) in [5, 5.41) is 16.1. The molecule has 8 heteroatoms. The van der Waals surface area contributed by atoms with E-state index in [0.29, 0.717) is 0 Å². The number of fused-ring (bicyclic) bond motifs is 1. The molecule has 0 aromatic carbocycles. The van der Waals surface area contributed by atoms with Gasteiger partial charge in [-0.15, -0.1) is 0 Å². The van der Waals surface area contributed by atoms with Crippen molar-refractivity contribution in [3.8, 4) is 0 Å². The number of hydrogen-bond acceptors (Lipinski definition) is 4. The maximum atomic E-state index is 12.6. The summed E-state index contributed by atoms with van der Waals surface area (Å²) in [6, 6.07) is 0.943. The van der Waals surface area contributed by atoms with Crippen LogP contribution in [0, 0.1) is 5.92 Å². The Balaban J connectivity index is 1.84. The fourth-order valence-electron chi connectivity index (χ4n) is 2.05. The predicted octanol–water partition coefficient (Wildman–Crippen LogP) is 1.93. The van der Waals surface area contributed by atoms with Crippen LogP contribution in [0.25, 0.3) is 5.52 Å². The average molecular weight is 286 g/mol. The van der Waals surface area contributed by atoms with Gasteiger partial charge in [0.2, 0.25) is 0 Å². The summed E-state index contributed by atoms with van der Waals surface area (Å²) in [5.41, 5.74) is -0.723. The van der Waals surface area contributed by atoms with E-state index in [2.05, 4.69) is 15.4 Å². The zero-order valence-electron chi connectivity index (χ0n) is 10.4. The third-order valence-corrected chi connectivity index (χ3v) is 3.33. The molecule has 1 atom stereocenters. The minimum atomic E-state index is -4.49. The predicted molar refractivity (Wildman–Crippen MR) is 65.2 cm³/mol. The third kappa shape index (κ3) is 2.55. The number of hydrogen-bond donors (Lipinski definition) is 2. The highest BCUT2D eigenvalue weighted by Gasteiger charge is 2.34. The number of nitrogens with zero attached hydrogens (tertiary/aromatic N) is 3. The highest BCUT2D eigenvalue weighted by Crippen LogP contribution is 2.33. The van der Waals surface area contributed by atoms with Gasteiger partial charge < -0.3 is 10.4 Å². The van der Waals surface area contributed by atoms with Crippen molar-refractivity contribution in [2.75, 3.05) is 11.9 Å². The second-order valence-corrected chi connectivity index (χ2v) is 4.92. The summed E-state index contributed by atoms with van der Waals surface area (Å²) in [5.74, 6) is 0.577. The lowest BCUT2D eigenvalue weighted by Gasteiger charge is -2.11. The van der Waals surface area contributed by atoms with E-state index in [4.69, 9.17) is 0 Å². The van der Waals surface area contributed by atoms with Gasteiger partial charge in [0.15, 0.2) is 11.5 Å². The molecule has 1 unspecified atom stereocenters. The SMILES string of the molecule is OC(CNc1nccn2nc(C(F)(F)F)cc12)C1CC1. The summed E-state index contributed by atoms with van der Waals surface area (Å²) in [6.45, 7) is 0.268. The smallest absolute Gasteiger partial charge is 0.391 e. The van der Waals surface area contributed by atoms with Gasteiger partial charge in [0, 0.05) is 25.0 Å². The standard InChI is InChI=1S/C12H13F3N4O/c13-12(14,15)10-5-8-11(16-3-4-19(8)18-10)17-6-9(20)7-1-2-7/h3-5,7,9,20H,1-2,6H2,(H,16,17). The van der Waals surface area contributed by atoms with Crippen LogP contribution in [0.5, 0.6) is 0 Å². The lowest BCUT2D eigenvalue weighted by atomic mass is 10.2. The Hall–Kier alpha value is -1.83. The van der Waals surface area contributed by atoms with Crippen molar-refractivity contribution in [3.05, 3.63) is 24.2 Å². The van der Waals surface area contributed by atoms with Crippen LogP contribution in [0.2, 0.25) is 0 Å². The van der Waals surface area contributed by atoms with Gasteiger partial charge in [-0.05, 0) is 18.8 Å². The first-order valence-corrected chi connectivity index (χ1v) is 6.28. The van der Waals surface area contributed by atoms with Crippen molar-refractivity contribution < 1.29 is 18.3 Å². The molecule has 0 radical (unpaired) electrons. The molecule has 0 spiro atoms. The van der Waals surface area contributed by atoms with E-state index >= 15 is 0 Å². The zero-order valence-corrected chi connectivity index (χ0v) is 10.4. The lowest BCUT2D eigenvalue weighted by Crippen LogP contribution is -2.22. The molecule has 0 amide bonds. The van der Waals surface area contributed by atoms with E-state index in [1.165, 1.54) is 12.4 Å². The largest absolute Gasteiger partial charge is 0.435 e. The number of nitrogens with one attached hydrogen (secondary N) is 1. The van der Waals surface area contributed by atoms with E-state index in [1.54, 1.807) is 0 Å². The maximum Gasteiger partial charge on any atom is 0.435 e. The van der Waals surface area contributed by atoms with Crippen LogP contribution in [0.1, 0.15) is 18.5 Å². The molecule has 2 aromatic heterocycles. The molecule has 1 fully saturated rings. The van der Waals surface area contributed by atoms with Crippen molar-refractivity contribution in [1.82, 2.24) is 14.6 Å². The molecule has 0 saturated heterocycles. The second kappa shape index (κ2) is 4.62. The maximum absolute atomic E-state index is 12.6. The molecule has 2 N–H and O–H groups in total. The van der Waals surface area contributed by atoms with Crippen LogP contribution in [-0.2, 0) is 6.18 Å². The van der Waals surface area contributed by atoms with E-state index in [1.807, 2.05) is 0 Å². The molecule has 1 aliphatic carbocycles. The third-order valence-electron chi connectivity index (χ3n) is 3.33. The van der Waals surface area contributed by atoms with Gasteiger partial charge in [0.1, 0.15) is 5.52 Å². The van der Waals surface area contributed by atoms with Crippen LogP contribution in [0.3, 0.4) is 0 Å². The average Bonchev–Trinajstić information content (AvgIpc) is 3.13. The highest BCUT2D eigenvalue weighted by atomic mass is 19.4. The molecule has 1 aliphatic rings. The normalized spacial score (nSPS) is 17.4. The Labute approximate surface area is 112 Å². The van der Waals surface area contributed by atoms with Gasteiger partial charge >= 0.3 is 6.18 Å². The van der Waals surface area contributed by atoms with Gasteiger partial charge in [-0.25, -0.2) is 9.50 Å². The van der Waals surface area contributed by atoms with Crippen molar-refractivity contribution in [3.63, 3.8) is 0 Å². The summed E-state index contributed by atoms with van der Waals surface area (Å²) >= 11 is 0. The molecule has 2 heterocycles. The molecule has 1 saturated carbocycles. The van der Waals surface area contributed by atoms with Gasteiger partial charge in [0.25, 0.3) is 0 Å². The molecule has 0 bridgehead atoms. The molecule has 3 rings (SSSR count). The number of halogens is 3. The van der Waals surface area contributed by atoms with Crippen molar-refractivity contribution in [2.24, 2.45) is 5.92 Å². The van der Waals surface area contributed by atoms with E-state index < -0.39 is 18.0 Å². The number of aliphatic hydroxyl groups is 1. The molecule has 20 heavy (non-hydrogen) atoms. The zero-order chi connectivity index (χ0) is 14.3. The van der Waals surface area contributed by atoms with Crippen molar-refractivity contribution in [1.29, 1.82) is 0 Å². The minimum Gasteiger partial charge on any atom is -0.391 e. The Morgan fingerprint density at radius 3 is 2.85 bits per heavy atom. The Morgan fingerprint density at radius 2 is 2.20 bits per heavy atom. The second-order valence-electron chi connectivity index (χ2n) is 4.92. The van der Waals surface area contributed by atoms with Crippen LogP contribution in [0.4, 0.5) is 19.0 Å². The van der Waals surface area contributed by atoms with Crippen LogP contribution in [0.15, 0.2) is 18.5 Å². The quantitative estimate of drug-likeness (QED) is 0.901. The molecular weight excluding hydrogens is 273 g/mol. The van der Waals surface area contributed by atoms with Crippen LogP contribution < -0.4 is 5.32 Å². The number of aromatic nitrogens is 3. The van der Waals surface area contributed by atoms with E-state index in [9.17, 15) is 18.3 Å². The fraction of sp³-hybridized carbons (Fsp3) is 0.500. The number of alkyl halides is 3. The molecule has 2 aromatic rings. The van der Waals surface area contributed by atoms with Crippen LogP contribution in [-0.4, -0.2) is 32.4 Å².